The van der Waals surface area contributed by atoms with Gasteiger partial charge in [0.2, 0.25) is 10.0 Å². The Morgan fingerprint density at radius 1 is 1.63 bits per heavy atom. The Kier molecular flexibility index (Phi) is 4.14. The van der Waals surface area contributed by atoms with Crippen LogP contribution >= 0.6 is 24.0 Å². The molecule has 0 bridgehead atoms. The lowest BCUT2D eigenvalue weighted by Gasteiger charge is -2.14. The Morgan fingerprint density at radius 2 is 2.32 bits per heavy atom. The number of hydrogen-bond acceptors (Lipinski definition) is 5. The van der Waals surface area contributed by atoms with E-state index in [1.54, 1.807) is 17.8 Å². The lowest BCUT2D eigenvalue weighted by molar-refractivity contribution is 0.579. The first kappa shape index (κ1) is 14.7. The van der Waals surface area contributed by atoms with Gasteiger partial charge in [-0.2, -0.15) is 11.8 Å². The predicted octanol–water partition coefficient (Wildman–Crippen LogP) is 0.890. The highest BCUT2D eigenvalue weighted by Crippen LogP contribution is 2.46. The number of nitrogens with zero attached hydrogens (tertiary/aromatic N) is 1. The van der Waals surface area contributed by atoms with Crippen molar-refractivity contribution in [2.75, 3.05) is 12.8 Å². The quantitative estimate of drug-likeness (QED) is 0.758. The number of aromatic nitrogens is 1. The summed E-state index contributed by atoms with van der Waals surface area (Å²) in [4.78, 5) is 3.95. The number of thioether (sulfide) groups is 1. The number of hydrogen-bond donors (Lipinski definition) is 2. The fourth-order valence-corrected chi connectivity index (χ4v) is 4.03. The van der Waals surface area contributed by atoms with Gasteiger partial charge in [0.05, 0.1) is 0 Å². The van der Waals surface area contributed by atoms with Gasteiger partial charge >= 0.3 is 0 Å². The lowest BCUT2D eigenvalue weighted by Crippen LogP contribution is -2.33. The van der Waals surface area contributed by atoms with Crippen LogP contribution in [0.1, 0.15) is 18.5 Å². The lowest BCUT2D eigenvalue weighted by atomic mass is 10.3. The van der Waals surface area contributed by atoms with E-state index in [9.17, 15) is 8.42 Å². The van der Waals surface area contributed by atoms with E-state index in [1.165, 1.54) is 12.3 Å². The summed E-state index contributed by atoms with van der Waals surface area (Å²) in [6.07, 6.45) is 5.53. The van der Waals surface area contributed by atoms with Crippen LogP contribution in [0.4, 0.5) is 0 Å². The maximum absolute atomic E-state index is 12.3. The predicted molar refractivity (Wildman–Crippen MR) is 80.8 cm³/mol. The summed E-state index contributed by atoms with van der Waals surface area (Å²) in [5.74, 6) is 0. The fourth-order valence-electron chi connectivity index (χ4n) is 1.69. The third-order valence-corrected chi connectivity index (χ3v) is 6.16. The van der Waals surface area contributed by atoms with Crippen LogP contribution in [0.2, 0.25) is 0 Å². The van der Waals surface area contributed by atoms with Crippen LogP contribution in [0.15, 0.2) is 23.2 Å². The monoisotopic (exact) mass is 317 g/mol. The topological polar surface area (TPSA) is 85.1 Å². The third-order valence-electron chi connectivity index (χ3n) is 3.12. The van der Waals surface area contributed by atoms with E-state index in [4.69, 9.17) is 18.0 Å². The minimum absolute atomic E-state index is 0.0213. The maximum atomic E-state index is 12.3. The van der Waals surface area contributed by atoms with Crippen molar-refractivity contribution in [3.05, 3.63) is 24.0 Å². The Balaban J connectivity index is 2.22. The maximum Gasteiger partial charge on any atom is 0.242 e. The summed E-state index contributed by atoms with van der Waals surface area (Å²) in [5, 5.41) is 0. The van der Waals surface area contributed by atoms with Crippen LogP contribution < -0.4 is 10.5 Å². The second-order valence-corrected chi connectivity index (χ2v) is 7.88. The minimum Gasteiger partial charge on any atom is -0.388 e. The normalized spacial score (nSPS) is 17.1. The van der Waals surface area contributed by atoms with Crippen LogP contribution in [-0.2, 0) is 10.0 Å². The molecule has 104 valence electrons. The highest BCUT2D eigenvalue weighted by atomic mass is 32.2. The number of sulfonamides is 1. The van der Waals surface area contributed by atoms with Crippen LogP contribution in [0, 0.1) is 0 Å². The Morgan fingerprint density at radius 3 is 2.84 bits per heavy atom. The molecule has 1 aromatic heterocycles. The molecule has 8 heteroatoms. The van der Waals surface area contributed by atoms with Gasteiger partial charge in [0.15, 0.2) is 0 Å². The molecule has 0 aliphatic heterocycles. The van der Waals surface area contributed by atoms with Crippen LogP contribution in [0.3, 0.4) is 0 Å². The van der Waals surface area contributed by atoms with Crippen molar-refractivity contribution in [3.63, 3.8) is 0 Å². The van der Waals surface area contributed by atoms with E-state index in [0.717, 1.165) is 12.8 Å². The van der Waals surface area contributed by atoms with Gasteiger partial charge in [0, 0.05) is 17.5 Å². The van der Waals surface area contributed by atoms with Crippen LogP contribution in [0.25, 0.3) is 0 Å². The molecule has 0 atom stereocenters. The van der Waals surface area contributed by atoms with Crippen molar-refractivity contribution >= 4 is 39.0 Å². The number of nitrogens with one attached hydrogen (secondary N) is 1. The molecule has 5 nitrogen and oxygen atoms in total. The van der Waals surface area contributed by atoms with Crippen molar-refractivity contribution in [3.8, 4) is 0 Å². The molecule has 1 saturated carbocycles. The second kappa shape index (κ2) is 5.35. The molecule has 0 radical (unpaired) electrons. The number of rotatable bonds is 6. The molecule has 2 rings (SSSR count). The van der Waals surface area contributed by atoms with Crippen LogP contribution in [0.5, 0.6) is 0 Å². The van der Waals surface area contributed by atoms with Crippen LogP contribution in [-0.4, -0.2) is 35.9 Å². The minimum atomic E-state index is -3.63. The van der Waals surface area contributed by atoms with Gasteiger partial charge in [-0.05, 0) is 31.2 Å². The van der Waals surface area contributed by atoms with Crippen molar-refractivity contribution in [1.29, 1.82) is 0 Å². The van der Waals surface area contributed by atoms with E-state index in [1.807, 2.05) is 6.26 Å². The summed E-state index contributed by atoms with van der Waals surface area (Å²) in [5.41, 5.74) is 5.64. The van der Waals surface area contributed by atoms with Gasteiger partial charge in [-0.1, -0.05) is 12.2 Å². The second-order valence-electron chi connectivity index (χ2n) is 4.43. The average molecular weight is 317 g/mol. The Hall–Kier alpha value is -0.700. The number of thiocarbonyl (C=S) groups is 1. The van der Waals surface area contributed by atoms with Crippen molar-refractivity contribution in [1.82, 2.24) is 9.71 Å². The smallest absolute Gasteiger partial charge is 0.242 e. The number of nitrogens with two attached hydrogens (primary N) is 1. The van der Waals surface area contributed by atoms with Gasteiger partial charge in [0.25, 0.3) is 0 Å². The molecule has 0 spiro atoms. The zero-order valence-electron chi connectivity index (χ0n) is 10.4. The SMILES string of the molecule is CSC1(CNS(=O)(=O)c2cccnc2C(N)=S)CC1. The zero-order valence-corrected chi connectivity index (χ0v) is 12.9. The molecule has 1 fully saturated rings. The van der Waals surface area contributed by atoms with E-state index < -0.39 is 10.0 Å². The van der Waals surface area contributed by atoms with Gasteiger partial charge in [-0.15, -0.1) is 0 Å². The number of pyridine rings is 1. The van der Waals surface area contributed by atoms with Gasteiger partial charge in [-0.3, -0.25) is 4.98 Å². The molecule has 0 saturated heterocycles. The highest BCUT2D eigenvalue weighted by Gasteiger charge is 2.42. The molecule has 1 aliphatic rings. The molecule has 1 heterocycles. The first-order valence-electron chi connectivity index (χ1n) is 5.70. The van der Waals surface area contributed by atoms with E-state index in [2.05, 4.69) is 9.71 Å². The molecule has 19 heavy (non-hydrogen) atoms. The summed E-state index contributed by atoms with van der Waals surface area (Å²) < 4.78 is 27.2. The van der Waals surface area contributed by atoms with Crippen molar-refractivity contribution in [2.45, 2.75) is 22.5 Å². The van der Waals surface area contributed by atoms with Gasteiger partial charge in [-0.25, -0.2) is 13.1 Å². The molecular formula is C11H15N3O2S3. The largest absolute Gasteiger partial charge is 0.388 e. The molecule has 0 aromatic carbocycles. The van der Waals surface area contributed by atoms with E-state index in [-0.39, 0.29) is 20.3 Å². The van der Waals surface area contributed by atoms with E-state index in [0.29, 0.717) is 6.54 Å². The molecule has 0 unspecified atom stereocenters. The summed E-state index contributed by atoms with van der Waals surface area (Å²) in [6, 6.07) is 3.01. The molecule has 1 aromatic rings. The van der Waals surface area contributed by atoms with Crippen molar-refractivity contribution < 1.29 is 8.42 Å². The first-order valence-corrected chi connectivity index (χ1v) is 8.81. The standard InChI is InChI=1S/C11H15N3O2S3/c1-18-11(4-5-11)7-14-19(15,16)8-3-2-6-13-9(8)10(12)17/h2-3,6,14H,4-5,7H2,1H3,(H2,12,17). The van der Waals surface area contributed by atoms with Gasteiger partial charge in [0.1, 0.15) is 15.6 Å². The fraction of sp³-hybridized carbons (Fsp3) is 0.455. The molecular weight excluding hydrogens is 302 g/mol. The molecule has 1 aliphatic carbocycles. The molecule has 0 amide bonds. The summed E-state index contributed by atoms with van der Waals surface area (Å²) in [6.45, 7) is 0.419. The Bertz CT molecular complexity index is 597. The zero-order chi connectivity index (χ0) is 14.1. The average Bonchev–Trinajstić information content (AvgIpc) is 3.17. The van der Waals surface area contributed by atoms with E-state index >= 15 is 0 Å². The third kappa shape index (κ3) is 3.25. The first-order chi connectivity index (χ1) is 8.90. The molecule has 3 N–H and O–H groups in total. The summed E-state index contributed by atoms with van der Waals surface area (Å²) in [7, 11) is -3.63. The highest BCUT2D eigenvalue weighted by molar-refractivity contribution is 8.00. The van der Waals surface area contributed by atoms with Gasteiger partial charge < -0.3 is 5.73 Å². The summed E-state index contributed by atoms with van der Waals surface area (Å²) >= 11 is 6.52. The van der Waals surface area contributed by atoms with Crippen molar-refractivity contribution in [2.24, 2.45) is 5.73 Å². The Labute approximate surface area is 122 Å².